The van der Waals surface area contributed by atoms with E-state index in [2.05, 4.69) is 11.8 Å². The molecule has 0 spiro atoms. The first kappa shape index (κ1) is 19.9. The first-order chi connectivity index (χ1) is 11.8. The Labute approximate surface area is 151 Å². The van der Waals surface area contributed by atoms with Gasteiger partial charge < -0.3 is 9.80 Å². The third kappa shape index (κ3) is 6.09. The predicted octanol–water partition coefficient (Wildman–Crippen LogP) is -0.0896. The topological polar surface area (TPSA) is 70.9 Å². The Morgan fingerprint density at radius 1 is 1.20 bits per heavy atom. The zero-order chi connectivity index (χ0) is 18.4. The predicted molar refractivity (Wildman–Crippen MR) is 98.0 cm³/mol. The summed E-state index contributed by atoms with van der Waals surface area (Å²) in [6, 6.07) is 6.82. The first-order valence-electron chi connectivity index (χ1n) is 8.95. The number of carbonyl (C=O) groups is 1. The summed E-state index contributed by atoms with van der Waals surface area (Å²) in [4.78, 5) is 15.9. The molecule has 25 heavy (non-hydrogen) atoms. The van der Waals surface area contributed by atoms with Gasteiger partial charge >= 0.3 is 0 Å². The number of piperazine rings is 1. The van der Waals surface area contributed by atoms with Gasteiger partial charge in [-0.2, -0.15) is 0 Å². The van der Waals surface area contributed by atoms with Gasteiger partial charge in [0.15, 0.2) is 0 Å². The number of nitrogens with zero attached hydrogens (tertiary/aromatic N) is 1. The number of rotatable bonds is 7. The SMILES string of the molecule is CC(C)CNS(=O)(=O)c1ccc(CCC(=O)N2CC[NH+](C)CC2)cc1. The van der Waals surface area contributed by atoms with Crippen molar-refractivity contribution >= 4 is 15.9 Å². The molecule has 2 rings (SSSR count). The van der Waals surface area contributed by atoms with E-state index in [9.17, 15) is 13.2 Å². The van der Waals surface area contributed by atoms with Crippen LogP contribution in [0.5, 0.6) is 0 Å². The molecule has 0 unspecified atom stereocenters. The number of quaternary nitrogens is 1. The van der Waals surface area contributed by atoms with Gasteiger partial charge in [-0.25, -0.2) is 13.1 Å². The fraction of sp³-hybridized carbons (Fsp3) is 0.611. The number of benzene rings is 1. The Bertz CT molecular complexity index is 663. The normalized spacial score (nSPS) is 16.4. The summed E-state index contributed by atoms with van der Waals surface area (Å²) < 4.78 is 26.9. The molecule has 2 N–H and O–H groups in total. The number of sulfonamides is 1. The average molecular weight is 369 g/mol. The summed E-state index contributed by atoms with van der Waals surface area (Å²) >= 11 is 0. The van der Waals surface area contributed by atoms with Crippen molar-refractivity contribution in [1.82, 2.24) is 9.62 Å². The summed E-state index contributed by atoms with van der Waals surface area (Å²) in [5.41, 5.74) is 0.982. The molecular weight excluding hydrogens is 338 g/mol. The number of carbonyl (C=O) groups excluding carboxylic acids is 1. The van der Waals surface area contributed by atoms with Crippen LogP contribution >= 0.6 is 0 Å². The molecular formula is C18H30N3O3S+. The van der Waals surface area contributed by atoms with Gasteiger partial charge in [0.2, 0.25) is 15.9 Å². The minimum atomic E-state index is -3.45. The molecule has 1 heterocycles. The maximum atomic E-state index is 12.3. The van der Waals surface area contributed by atoms with Gasteiger partial charge in [-0.15, -0.1) is 0 Å². The van der Waals surface area contributed by atoms with E-state index in [1.165, 1.54) is 4.90 Å². The van der Waals surface area contributed by atoms with Gasteiger partial charge in [-0.05, 0) is 30.0 Å². The molecule has 7 heteroatoms. The van der Waals surface area contributed by atoms with Gasteiger partial charge in [0, 0.05) is 13.0 Å². The van der Waals surface area contributed by atoms with Crippen LogP contribution in [0.4, 0.5) is 0 Å². The highest BCUT2D eigenvalue weighted by Crippen LogP contribution is 2.13. The Hall–Kier alpha value is -1.44. The van der Waals surface area contributed by atoms with Crippen LogP contribution in [0.2, 0.25) is 0 Å². The molecule has 1 saturated heterocycles. The summed E-state index contributed by atoms with van der Waals surface area (Å²) in [6.07, 6.45) is 1.11. The van der Waals surface area contributed by atoms with E-state index >= 15 is 0 Å². The van der Waals surface area contributed by atoms with Gasteiger partial charge in [-0.1, -0.05) is 26.0 Å². The van der Waals surface area contributed by atoms with Gasteiger partial charge in [0.05, 0.1) is 38.1 Å². The van der Waals surface area contributed by atoms with Crippen LogP contribution in [0.15, 0.2) is 29.2 Å². The van der Waals surface area contributed by atoms with Crippen molar-refractivity contribution in [2.24, 2.45) is 5.92 Å². The third-order valence-corrected chi connectivity index (χ3v) is 5.95. The molecule has 1 aliphatic heterocycles. The third-order valence-electron chi connectivity index (χ3n) is 4.51. The molecule has 1 fully saturated rings. The number of amides is 1. The van der Waals surface area contributed by atoms with Gasteiger partial charge in [-0.3, -0.25) is 4.79 Å². The van der Waals surface area contributed by atoms with Crippen LogP contribution in [0.3, 0.4) is 0 Å². The molecule has 1 aromatic rings. The number of aryl methyl sites for hydroxylation is 1. The van der Waals surface area contributed by atoms with E-state index in [-0.39, 0.29) is 16.7 Å². The second-order valence-electron chi connectivity index (χ2n) is 7.23. The van der Waals surface area contributed by atoms with E-state index in [0.717, 1.165) is 31.7 Å². The fourth-order valence-electron chi connectivity index (χ4n) is 2.74. The van der Waals surface area contributed by atoms with E-state index in [0.29, 0.717) is 19.4 Å². The summed E-state index contributed by atoms with van der Waals surface area (Å²) in [7, 11) is -1.31. The van der Waals surface area contributed by atoms with E-state index in [1.54, 1.807) is 24.3 Å². The van der Waals surface area contributed by atoms with Crippen molar-refractivity contribution in [3.63, 3.8) is 0 Å². The van der Waals surface area contributed by atoms with Crippen LogP contribution in [0.25, 0.3) is 0 Å². The Balaban J connectivity index is 1.87. The van der Waals surface area contributed by atoms with Crippen LogP contribution in [-0.4, -0.2) is 59.0 Å². The second kappa shape index (κ2) is 8.78. The lowest BCUT2D eigenvalue weighted by atomic mass is 10.1. The maximum absolute atomic E-state index is 12.3. The monoisotopic (exact) mass is 368 g/mol. The average Bonchev–Trinajstić information content (AvgIpc) is 2.59. The van der Waals surface area contributed by atoms with Crippen LogP contribution in [0.1, 0.15) is 25.8 Å². The standard InChI is InChI=1S/C18H29N3O3S/c1-15(2)14-19-25(23,24)17-7-4-16(5-8-17)6-9-18(22)21-12-10-20(3)11-13-21/h4-5,7-8,15,19H,6,9-14H2,1-3H3/p+1. The minimum absolute atomic E-state index is 0.183. The highest BCUT2D eigenvalue weighted by Gasteiger charge is 2.21. The lowest BCUT2D eigenvalue weighted by molar-refractivity contribution is -0.883. The van der Waals surface area contributed by atoms with E-state index in [4.69, 9.17) is 0 Å². The Morgan fingerprint density at radius 3 is 2.36 bits per heavy atom. The maximum Gasteiger partial charge on any atom is 0.240 e. The number of hydrogen-bond donors (Lipinski definition) is 2. The minimum Gasteiger partial charge on any atom is -0.334 e. The van der Waals surface area contributed by atoms with Crippen molar-refractivity contribution in [3.05, 3.63) is 29.8 Å². The molecule has 0 saturated carbocycles. The molecule has 6 nitrogen and oxygen atoms in total. The van der Waals surface area contributed by atoms with Crippen molar-refractivity contribution < 1.29 is 18.1 Å². The Morgan fingerprint density at radius 2 is 1.80 bits per heavy atom. The van der Waals surface area contributed by atoms with Crippen molar-refractivity contribution in [3.8, 4) is 0 Å². The lowest BCUT2D eigenvalue weighted by Crippen LogP contribution is -3.12. The largest absolute Gasteiger partial charge is 0.334 e. The van der Waals surface area contributed by atoms with E-state index < -0.39 is 10.0 Å². The summed E-state index contributed by atoms with van der Waals surface area (Å²) in [6.45, 7) is 8.00. The van der Waals surface area contributed by atoms with Crippen LogP contribution in [-0.2, 0) is 21.2 Å². The molecule has 0 aliphatic carbocycles. The smallest absolute Gasteiger partial charge is 0.240 e. The van der Waals surface area contributed by atoms with Crippen molar-refractivity contribution in [1.29, 1.82) is 0 Å². The molecule has 140 valence electrons. The molecule has 1 aromatic carbocycles. The molecule has 1 amide bonds. The quantitative estimate of drug-likeness (QED) is 0.707. The number of nitrogens with one attached hydrogen (secondary N) is 2. The van der Waals surface area contributed by atoms with Gasteiger partial charge in [0.25, 0.3) is 0 Å². The zero-order valence-electron chi connectivity index (χ0n) is 15.4. The summed E-state index contributed by atoms with van der Waals surface area (Å²) in [5.74, 6) is 0.444. The number of likely N-dealkylation sites (N-methyl/N-ethyl adjacent to an activating group) is 1. The van der Waals surface area contributed by atoms with Crippen LogP contribution in [0, 0.1) is 5.92 Å². The number of hydrogen-bond acceptors (Lipinski definition) is 3. The highest BCUT2D eigenvalue weighted by molar-refractivity contribution is 7.89. The van der Waals surface area contributed by atoms with Crippen molar-refractivity contribution in [2.75, 3.05) is 39.8 Å². The molecule has 0 atom stereocenters. The lowest BCUT2D eigenvalue weighted by Gasteiger charge is -2.30. The van der Waals surface area contributed by atoms with E-state index in [1.807, 2.05) is 18.7 Å². The highest BCUT2D eigenvalue weighted by atomic mass is 32.2. The van der Waals surface area contributed by atoms with Crippen LogP contribution < -0.4 is 9.62 Å². The van der Waals surface area contributed by atoms with Gasteiger partial charge in [0.1, 0.15) is 0 Å². The second-order valence-corrected chi connectivity index (χ2v) is 8.99. The Kier molecular flexibility index (Phi) is 6.98. The molecule has 0 aromatic heterocycles. The molecule has 1 aliphatic rings. The zero-order valence-corrected chi connectivity index (χ0v) is 16.2. The van der Waals surface area contributed by atoms with Crippen molar-refractivity contribution in [2.45, 2.75) is 31.6 Å². The molecule has 0 radical (unpaired) electrons. The fourth-order valence-corrected chi connectivity index (χ4v) is 3.96. The molecule has 0 bridgehead atoms. The summed E-state index contributed by atoms with van der Waals surface area (Å²) in [5, 5.41) is 0. The first-order valence-corrected chi connectivity index (χ1v) is 10.4.